The van der Waals surface area contributed by atoms with Crippen LogP contribution in [0.1, 0.15) is 34.6 Å². The maximum atomic E-state index is 9.58. The average molecular weight is 172 g/mol. The molecule has 0 aromatic carbocycles. The third-order valence-corrected chi connectivity index (χ3v) is 3.59. The number of aliphatic hydroxyl groups excluding tert-OH is 1. The Balaban J connectivity index is 2.78. The molecule has 1 aliphatic heterocycles. The molecule has 0 radical (unpaired) electrons. The number of rotatable bonds is 0. The van der Waals surface area contributed by atoms with Crippen LogP contribution < -0.4 is 0 Å². The third kappa shape index (κ3) is 1.50. The Hall–Kier alpha value is -0.0800. The van der Waals surface area contributed by atoms with Gasteiger partial charge in [-0.1, -0.05) is 20.8 Å². The first kappa shape index (κ1) is 10.0. The summed E-state index contributed by atoms with van der Waals surface area (Å²) in [5.41, 5.74) is -0.189. The van der Waals surface area contributed by atoms with E-state index in [1.807, 2.05) is 20.8 Å². The smallest absolute Gasteiger partial charge is 0.158 e. The molecule has 12 heavy (non-hydrogen) atoms. The fraction of sp³-hybridized carbons (Fsp3) is 1.00. The summed E-state index contributed by atoms with van der Waals surface area (Å²) in [4.78, 5) is 0. The normalized spacial score (nSPS) is 47.5. The van der Waals surface area contributed by atoms with E-state index in [0.717, 1.165) is 0 Å². The van der Waals surface area contributed by atoms with Crippen molar-refractivity contribution in [2.24, 2.45) is 17.8 Å². The predicted octanol–water partition coefficient (Wildman–Crippen LogP) is 2.02. The van der Waals surface area contributed by atoms with Gasteiger partial charge in [-0.2, -0.15) is 0 Å². The van der Waals surface area contributed by atoms with Gasteiger partial charge >= 0.3 is 0 Å². The summed E-state index contributed by atoms with van der Waals surface area (Å²) < 4.78 is 5.52. The lowest BCUT2D eigenvalue weighted by Gasteiger charge is -2.46. The number of hydrogen-bond acceptors (Lipinski definition) is 2. The van der Waals surface area contributed by atoms with Crippen LogP contribution in [0.5, 0.6) is 0 Å². The van der Waals surface area contributed by atoms with E-state index in [1.165, 1.54) is 0 Å². The Kier molecular flexibility index (Phi) is 2.50. The molecule has 1 rings (SSSR count). The Morgan fingerprint density at radius 3 is 2.08 bits per heavy atom. The fourth-order valence-corrected chi connectivity index (χ4v) is 1.87. The summed E-state index contributed by atoms with van der Waals surface area (Å²) in [7, 11) is 0. The van der Waals surface area contributed by atoms with E-state index in [4.69, 9.17) is 4.74 Å². The Morgan fingerprint density at radius 2 is 1.58 bits per heavy atom. The summed E-state index contributed by atoms with van der Waals surface area (Å²) in [6, 6.07) is 0. The molecule has 0 aliphatic carbocycles. The Bertz CT molecular complexity index is 165. The molecule has 1 aliphatic rings. The molecule has 1 N–H and O–H groups in total. The molecule has 1 saturated heterocycles. The molecule has 4 unspecified atom stereocenters. The Morgan fingerprint density at radius 1 is 1.08 bits per heavy atom. The second-order valence-corrected chi connectivity index (χ2v) is 4.62. The van der Waals surface area contributed by atoms with Gasteiger partial charge in [0.05, 0.1) is 5.60 Å². The molecule has 2 nitrogen and oxygen atoms in total. The first-order valence-corrected chi connectivity index (χ1v) is 4.72. The summed E-state index contributed by atoms with van der Waals surface area (Å²) >= 11 is 0. The van der Waals surface area contributed by atoms with E-state index in [2.05, 4.69) is 13.8 Å². The SMILES string of the molecule is CC1C(O)OC(C)(C)C(C)C1C. The van der Waals surface area contributed by atoms with Crippen molar-refractivity contribution in [1.82, 2.24) is 0 Å². The van der Waals surface area contributed by atoms with Crippen LogP contribution in [0.2, 0.25) is 0 Å². The lowest BCUT2D eigenvalue weighted by molar-refractivity contribution is -0.260. The zero-order valence-electron chi connectivity index (χ0n) is 8.66. The van der Waals surface area contributed by atoms with E-state index in [-0.39, 0.29) is 11.5 Å². The predicted molar refractivity (Wildman–Crippen MR) is 48.7 cm³/mol. The quantitative estimate of drug-likeness (QED) is 0.605. The molecule has 1 heterocycles. The van der Waals surface area contributed by atoms with Crippen molar-refractivity contribution in [3.8, 4) is 0 Å². The van der Waals surface area contributed by atoms with E-state index >= 15 is 0 Å². The van der Waals surface area contributed by atoms with Crippen molar-refractivity contribution >= 4 is 0 Å². The van der Waals surface area contributed by atoms with Gasteiger partial charge in [0, 0.05) is 5.92 Å². The van der Waals surface area contributed by atoms with Gasteiger partial charge in [-0.25, -0.2) is 0 Å². The van der Waals surface area contributed by atoms with Gasteiger partial charge < -0.3 is 9.84 Å². The first-order valence-electron chi connectivity index (χ1n) is 4.72. The van der Waals surface area contributed by atoms with Crippen molar-refractivity contribution in [3.63, 3.8) is 0 Å². The lowest BCUT2D eigenvalue weighted by atomic mass is 9.73. The van der Waals surface area contributed by atoms with Crippen LogP contribution >= 0.6 is 0 Å². The summed E-state index contributed by atoms with van der Waals surface area (Å²) in [5.74, 6) is 1.26. The number of hydrogen-bond donors (Lipinski definition) is 1. The topological polar surface area (TPSA) is 29.5 Å². The van der Waals surface area contributed by atoms with Crippen molar-refractivity contribution in [1.29, 1.82) is 0 Å². The van der Waals surface area contributed by atoms with Crippen molar-refractivity contribution in [3.05, 3.63) is 0 Å². The third-order valence-electron chi connectivity index (χ3n) is 3.59. The van der Waals surface area contributed by atoms with Crippen LogP contribution in [-0.4, -0.2) is 17.0 Å². The molecular weight excluding hydrogens is 152 g/mol. The molecule has 1 fully saturated rings. The molecule has 0 bridgehead atoms. The van der Waals surface area contributed by atoms with E-state index in [0.29, 0.717) is 11.8 Å². The van der Waals surface area contributed by atoms with Crippen LogP contribution in [-0.2, 0) is 4.74 Å². The van der Waals surface area contributed by atoms with Gasteiger partial charge in [0.25, 0.3) is 0 Å². The maximum absolute atomic E-state index is 9.58. The van der Waals surface area contributed by atoms with Crippen LogP contribution in [0, 0.1) is 17.8 Å². The second-order valence-electron chi connectivity index (χ2n) is 4.62. The molecule has 0 aromatic rings. The van der Waals surface area contributed by atoms with Gasteiger partial charge in [0.15, 0.2) is 6.29 Å². The zero-order valence-corrected chi connectivity index (χ0v) is 8.66. The summed E-state index contributed by atoms with van der Waals surface area (Å²) in [6.07, 6.45) is -0.591. The standard InChI is InChI=1S/C10H20O2/c1-6-7(2)9(11)12-10(4,5)8(6)3/h6-9,11H,1-5H3. The van der Waals surface area contributed by atoms with Crippen molar-refractivity contribution < 1.29 is 9.84 Å². The molecule has 72 valence electrons. The number of aliphatic hydroxyl groups is 1. The van der Waals surface area contributed by atoms with Crippen molar-refractivity contribution in [2.75, 3.05) is 0 Å². The molecule has 0 amide bonds. The molecule has 0 saturated carbocycles. The molecule has 0 aromatic heterocycles. The van der Waals surface area contributed by atoms with Gasteiger partial charge in [0.1, 0.15) is 0 Å². The highest BCUT2D eigenvalue weighted by atomic mass is 16.6. The fourth-order valence-electron chi connectivity index (χ4n) is 1.87. The zero-order chi connectivity index (χ0) is 9.52. The summed E-state index contributed by atoms with van der Waals surface area (Å²) in [6.45, 7) is 10.5. The highest BCUT2D eigenvalue weighted by molar-refractivity contribution is 4.88. The van der Waals surface area contributed by atoms with Crippen LogP contribution in [0.25, 0.3) is 0 Å². The molecule has 2 heteroatoms. The second kappa shape index (κ2) is 3.00. The van der Waals surface area contributed by atoms with Gasteiger partial charge in [-0.05, 0) is 25.7 Å². The van der Waals surface area contributed by atoms with Crippen molar-refractivity contribution in [2.45, 2.75) is 46.5 Å². The van der Waals surface area contributed by atoms with Crippen LogP contribution in [0.3, 0.4) is 0 Å². The molecular formula is C10H20O2. The minimum atomic E-state index is -0.591. The minimum Gasteiger partial charge on any atom is -0.368 e. The maximum Gasteiger partial charge on any atom is 0.158 e. The van der Waals surface area contributed by atoms with E-state index < -0.39 is 6.29 Å². The van der Waals surface area contributed by atoms with E-state index in [9.17, 15) is 5.11 Å². The largest absolute Gasteiger partial charge is 0.368 e. The van der Waals surface area contributed by atoms with Gasteiger partial charge in [-0.3, -0.25) is 0 Å². The van der Waals surface area contributed by atoms with E-state index in [1.54, 1.807) is 0 Å². The average Bonchev–Trinajstić information content (AvgIpc) is 1.97. The van der Waals surface area contributed by atoms with Gasteiger partial charge in [-0.15, -0.1) is 0 Å². The van der Waals surface area contributed by atoms with Crippen LogP contribution in [0.4, 0.5) is 0 Å². The summed E-state index contributed by atoms with van der Waals surface area (Å²) in [5, 5.41) is 9.58. The monoisotopic (exact) mass is 172 g/mol. The number of ether oxygens (including phenoxy) is 1. The highest BCUT2D eigenvalue weighted by Gasteiger charge is 2.42. The Labute approximate surface area is 74.9 Å². The molecule has 4 atom stereocenters. The highest BCUT2D eigenvalue weighted by Crippen LogP contribution is 2.39. The van der Waals surface area contributed by atoms with Crippen LogP contribution in [0.15, 0.2) is 0 Å². The lowest BCUT2D eigenvalue weighted by Crippen LogP contribution is -2.50. The van der Waals surface area contributed by atoms with Gasteiger partial charge in [0.2, 0.25) is 0 Å². The minimum absolute atomic E-state index is 0.189. The molecule has 0 spiro atoms. The first-order chi connectivity index (χ1) is 5.36.